The Morgan fingerprint density at radius 1 is 1.44 bits per heavy atom. The fraction of sp³-hybridized carbons (Fsp3) is 0.750. The van der Waals surface area contributed by atoms with Gasteiger partial charge in [-0.25, -0.2) is 0 Å². The molecule has 1 aliphatic rings. The van der Waals surface area contributed by atoms with Crippen molar-refractivity contribution in [2.75, 3.05) is 13.1 Å². The highest BCUT2D eigenvalue weighted by molar-refractivity contribution is 6.05. The van der Waals surface area contributed by atoms with Crippen LogP contribution in [-0.2, 0) is 14.4 Å². The van der Waals surface area contributed by atoms with Gasteiger partial charge in [-0.1, -0.05) is 0 Å². The van der Waals surface area contributed by atoms with E-state index in [0.29, 0.717) is 19.5 Å². The number of carbonyl (C=O) groups excluding carboxylic acids is 3. The molecule has 0 saturated carbocycles. The number of imide groups is 1. The minimum absolute atomic E-state index is 0.0533. The Hall–Kier alpha value is -1.43. The number of nitrogens with zero attached hydrogens (tertiary/aromatic N) is 1. The van der Waals surface area contributed by atoms with Crippen LogP contribution in [0.3, 0.4) is 0 Å². The third-order valence-corrected chi connectivity index (χ3v) is 2.82. The van der Waals surface area contributed by atoms with E-state index >= 15 is 0 Å². The fourth-order valence-electron chi connectivity index (χ4n) is 2.00. The van der Waals surface area contributed by atoms with Crippen LogP contribution in [-0.4, -0.2) is 47.8 Å². The zero-order valence-corrected chi connectivity index (χ0v) is 11.2. The Balaban J connectivity index is 2.39. The van der Waals surface area contributed by atoms with E-state index in [0.717, 1.165) is 0 Å². The highest BCUT2D eigenvalue weighted by atomic mass is 16.2. The third kappa shape index (κ3) is 3.53. The van der Waals surface area contributed by atoms with Crippen LogP contribution in [0.15, 0.2) is 0 Å². The summed E-state index contributed by atoms with van der Waals surface area (Å²) in [5.41, 5.74) is 0. The second kappa shape index (κ2) is 6.49. The van der Waals surface area contributed by atoms with Gasteiger partial charge in [-0.05, 0) is 20.8 Å². The van der Waals surface area contributed by atoms with Crippen LogP contribution in [0.5, 0.6) is 0 Å². The molecule has 1 rings (SSSR count). The fourth-order valence-corrected chi connectivity index (χ4v) is 2.00. The summed E-state index contributed by atoms with van der Waals surface area (Å²) in [6.45, 7) is 6.48. The zero-order chi connectivity index (χ0) is 13.7. The van der Waals surface area contributed by atoms with Crippen molar-refractivity contribution in [2.24, 2.45) is 0 Å². The van der Waals surface area contributed by atoms with Crippen molar-refractivity contribution < 1.29 is 14.4 Å². The lowest BCUT2D eigenvalue weighted by molar-refractivity contribution is -0.140. The predicted molar refractivity (Wildman–Crippen MR) is 66.7 cm³/mol. The third-order valence-electron chi connectivity index (χ3n) is 2.82. The Morgan fingerprint density at radius 2 is 2.11 bits per heavy atom. The number of carbonyl (C=O) groups is 3. The molecule has 1 heterocycles. The van der Waals surface area contributed by atoms with E-state index in [-0.39, 0.29) is 30.2 Å². The molecule has 0 aromatic carbocycles. The van der Waals surface area contributed by atoms with Crippen molar-refractivity contribution in [3.05, 3.63) is 0 Å². The molecule has 0 aromatic heterocycles. The van der Waals surface area contributed by atoms with Crippen molar-refractivity contribution in [3.8, 4) is 0 Å². The van der Waals surface area contributed by atoms with E-state index in [9.17, 15) is 14.4 Å². The molecule has 0 aliphatic carbocycles. The van der Waals surface area contributed by atoms with Gasteiger partial charge in [0, 0.05) is 25.6 Å². The largest absolute Gasteiger partial charge is 0.356 e. The van der Waals surface area contributed by atoms with E-state index in [1.165, 1.54) is 4.90 Å². The van der Waals surface area contributed by atoms with Crippen molar-refractivity contribution in [1.29, 1.82) is 0 Å². The molecule has 6 nitrogen and oxygen atoms in total. The van der Waals surface area contributed by atoms with Gasteiger partial charge in [0.05, 0.1) is 12.5 Å². The van der Waals surface area contributed by atoms with Crippen LogP contribution in [0.2, 0.25) is 0 Å². The number of amides is 3. The smallest absolute Gasteiger partial charge is 0.247 e. The van der Waals surface area contributed by atoms with Gasteiger partial charge in [0.1, 0.15) is 0 Å². The standard InChI is InChI=1S/C12H21N3O3/c1-4-13-10(16)5-6-14-9-7-11(17)15(8(2)3)12(9)18/h8-9,14H,4-7H2,1-3H3,(H,13,16). The van der Waals surface area contributed by atoms with Gasteiger partial charge in [0.25, 0.3) is 0 Å². The summed E-state index contributed by atoms with van der Waals surface area (Å²) in [4.78, 5) is 36.0. The topological polar surface area (TPSA) is 78.5 Å². The molecule has 0 radical (unpaired) electrons. The van der Waals surface area contributed by atoms with Crippen LogP contribution >= 0.6 is 0 Å². The van der Waals surface area contributed by atoms with Crippen LogP contribution in [0, 0.1) is 0 Å². The highest BCUT2D eigenvalue weighted by Crippen LogP contribution is 2.15. The molecule has 1 aliphatic heterocycles. The molecular formula is C12H21N3O3. The maximum absolute atomic E-state index is 11.9. The Bertz CT molecular complexity index is 341. The lowest BCUT2D eigenvalue weighted by Crippen LogP contribution is -2.42. The molecule has 0 bridgehead atoms. The average Bonchev–Trinajstić information content (AvgIpc) is 2.54. The quantitative estimate of drug-likeness (QED) is 0.635. The molecule has 6 heteroatoms. The first-order chi connectivity index (χ1) is 8.47. The van der Waals surface area contributed by atoms with Gasteiger partial charge >= 0.3 is 0 Å². The first-order valence-electron chi connectivity index (χ1n) is 6.33. The van der Waals surface area contributed by atoms with Crippen LogP contribution in [0.1, 0.15) is 33.6 Å². The number of likely N-dealkylation sites (tertiary alicyclic amines) is 1. The maximum Gasteiger partial charge on any atom is 0.247 e. The van der Waals surface area contributed by atoms with Gasteiger partial charge in [-0.2, -0.15) is 0 Å². The summed E-state index contributed by atoms with van der Waals surface area (Å²) in [5, 5.41) is 5.64. The van der Waals surface area contributed by atoms with Gasteiger partial charge < -0.3 is 10.6 Å². The molecule has 2 N–H and O–H groups in total. The Labute approximate surface area is 107 Å². The molecular weight excluding hydrogens is 234 g/mol. The highest BCUT2D eigenvalue weighted by Gasteiger charge is 2.39. The molecule has 1 fully saturated rings. The predicted octanol–water partition coefficient (Wildman–Crippen LogP) is -0.362. The summed E-state index contributed by atoms with van der Waals surface area (Å²) < 4.78 is 0. The van der Waals surface area contributed by atoms with Crippen molar-refractivity contribution in [2.45, 2.75) is 45.7 Å². The molecule has 1 atom stereocenters. The SMILES string of the molecule is CCNC(=O)CCNC1CC(=O)N(C(C)C)C1=O. The first-order valence-corrected chi connectivity index (χ1v) is 6.33. The van der Waals surface area contributed by atoms with Crippen molar-refractivity contribution in [3.63, 3.8) is 0 Å². The summed E-state index contributed by atoms with van der Waals surface area (Å²) >= 11 is 0. The molecule has 102 valence electrons. The number of nitrogens with one attached hydrogen (secondary N) is 2. The second-order valence-corrected chi connectivity index (χ2v) is 4.61. The van der Waals surface area contributed by atoms with Gasteiger partial charge in [-0.3, -0.25) is 19.3 Å². The van der Waals surface area contributed by atoms with E-state index in [4.69, 9.17) is 0 Å². The first kappa shape index (κ1) is 14.6. The Kier molecular flexibility index (Phi) is 5.27. The van der Waals surface area contributed by atoms with Crippen LogP contribution < -0.4 is 10.6 Å². The molecule has 18 heavy (non-hydrogen) atoms. The summed E-state index contributed by atoms with van der Waals surface area (Å²) in [5.74, 6) is -0.390. The molecule has 1 saturated heterocycles. The van der Waals surface area contributed by atoms with E-state index in [2.05, 4.69) is 10.6 Å². The Morgan fingerprint density at radius 3 is 2.61 bits per heavy atom. The number of hydrogen-bond acceptors (Lipinski definition) is 4. The average molecular weight is 255 g/mol. The summed E-state index contributed by atoms with van der Waals surface area (Å²) in [7, 11) is 0. The lowest BCUT2D eigenvalue weighted by atomic mass is 10.2. The summed E-state index contributed by atoms with van der Waals surface area (Å²) in [6, 6.07) is -0.588. The van der Waals surface area contributed by atoms with Crippen LogP contribution in [0.25, 0.3) is 0 Å². The minimum atomic E-state index is -0.477. The zero-order valence-electron chi connectivity index (χ0n) is 11.2. The normalized spacial score (nSPS) is 19.8. The maximum atomic E-state index is 11.9. The van der Waals surface area contributed by atoms with Crippen molar-refractivity contribution in [1.82, 2.24) is 15.5 Å². The lowest BCUT2D eigenvalue weighted by Gasteiger charge is -2.19. The minimum Gasteiger partial charge on any atom is -0.356 e. The summed E-state index contributed by atoms with van der Waals surface area (Å²) in [6.07, 6.45) is 0.500. The molecule has 0 aromatic rings. The molecule has 3 amide bonds. The number of hydrogen-bond donors (Lipinski definition) is 2. The van der Waals surface area contributed by atoms with Gasteiger partial charge in [0.2, 0.25) is 17.7 Å². The van der Waals surface area contributed by atoms with Gasteiger partial charge in [0.15, 0.2) is 0 Å². The van der Waals surface area contributed by atoms with Gasteiger partial charge in [-0.15, -0.1) is 0 Å². The monoisotopic (exact) mass is 255 g/mol. The molecule has 1 unspecified atom stereocenters. The van der Waals surface area contributed by atoms with E-state index in [1.807, 2.05) is 20.8 Å². The van der Waals surface area contributed by atoms with Crippen LogP contribution in [0.4, 0.5) is 0 Å². The van der Waals surface area contributed by atoms with E-state index < -0.39 is 6.04 Å². The number of rotatable bonds is 6. The van der Waals surface area contributed by atoms with Crippen molar-refractivity contribution >= 4 is 17.7 Å². The second-order valence-electron chi connectivity index (χ2n) is 4.61. The molecule has 0 spiro atoms. The van der Waals surface area contributed by atoms with E-state index in [1.54, 1.807) is 0 Å².